The number of nitrogens with zero attached hydrogens (tertiary/aromatic N) is 1. The fraction of sp³-hybridized carbons (Fsp3) is 0.400. The molecule has 1 rings (SSSR count). The number of nitrogens with two attached hydrogens (primary N) is 1. The molecule has 0 amide bonds. The number of nitro groups is 1. The van der Waals surface area contributed by atoms with E-state index in [1.165, 1.54) is 12.1 Å². The van der Waals surface area contributed by atoms with Crippen molar-refractivity contribution in [3.8, 4) is 0 Å². The van der Waals surface area contributed by atoms with E-state index in [9.17, 15) is 10.1 Å². The summed E-state index contributed by atoms with van der Waals surface area (Å²) in [6.45, 7) is 4.29. The van der Waals surface area contributed by atoms with Crippen LogP contribution in [0.5, 0.6) is 0 Å². The maximum Gasteiger partial charge on any atom is 0.271 e. The van der Waals surface area contributed by atoms with E-state index in [-0.39, 0.29) is 11.7 Å². The van der Waals surface area contributed by atoms with Gasteiger partial charge in [-0.25, -0.2) is 0 Å². The van der Waals surface area contributed by atoms with E-state index in [1.54, 1.807) is 0 Å². The van der Waals surface area contributed by atoms with Crippen LogP contribution in [0.15, 0.2) is 18.2 Å². The van der Waals surface area contributed by atoms with Crippen LogP contribution in [0.3, 0.4) is 0 Å². The Hall–Kier alpha value is -1.62. The Morgan fingerprint density at radius 2 is 2.20 bits per heavy atom. The lowest BCUT2D eigenvalue weighted by Gasteiger charge is -2.09. The molecule has 0 fully saturated rings. The first-order valence-electron chi connectivity index (χ1n) is 4.74. The molecule has 0 heterocycles. The van der Waals surface area contributed by atoms with Gasteiger partial charge in [-0.2, -0.15) is 0 Å². The molecule has 5 nitrogen and oxygen atoms in total. The predicted octanol–water partition coefficient (Wildman–Crippen LogP) is 1.66. The first-order valence-corrected chi connectivity index (χ1v) is 4.74. The minimum atomic E-state index is -0.399. The highest BCUT2D eigenvalue weighted by molar-refractivity contribution is 5.53. The van der Waals surface area contributed by atoms with Crippen LogP contribution in [0.25, 0.3) is 0 Å². The fourth-order valence-corrected chi connectivity index (χ4v) is 1.25. The van der Waals surface area contributed by atoms with Gasteiger partial charge < -0.3 is 11.1 Å². The summed E-state index contributed by atoms with van der Waals surface area (Å²) in [5.74, 6) is 0. The molecule has 1 unspecified atom stereocenters. The second-order valence-corrected chi connectivity index (χ2v) is 3.67. The molecule has 0 aliphatic heterocycles. The van der Waals surface area contributed by atoms with Crippen LogP contribution < -0.4 is 11.1 Å². The van der Waals surface area contributed by atoms with Crippen molar-refractivity contribution in [2.75, 3.05) is 11.9 Å². The van der Waals surface area contributed by atoms with Gasteiger partial charge in [0, 0.05) is 30.4 Å². The van der Waals surface area contributed by atoms with Crippen molar-refractivity contribution in [2.45, 2.75) is 19.9 Å². The van der Waals surface area contributed by atoms with Gasteiger partial charge in [-0.15, -0.1) is 0 Å². The van der Waals surface area contributed by atoms with Crippen LogP contribution >= 0.6 is 0 Å². The Morgan fingerprint density at radius 3 is 2.73 bits per heavy atom. The van der Waals surface area contributed by atoms with E-state index in [2.05, 4.69) is 5.32 Å². The fourth-order valence-electron chi connectivity index (χ4n) is 1.25. The maximum atomic E-state index is 10.6. The normalized spacial score (nSPS) is 12.2. The maximum absolute atomic E-state index is 10.6. The van der Waals surface area contributed by atoms with E-state index in [0.29, 0.717) is 6.54 Å². The van der Waals surface area contributed by atoms with E-state index in [1.807, 2.05) is 19.9 Å². The Kier molecular flexibility index (Phi) is 3.62. The van der Waals surface area contributed by atoms with Gasteiger partial charge in [-0.3, -0.25) is 10.1 Å². The van der Waals surface area contributed by atoms with Gasteiger partial charge in [0.25, 0.3) is 5.69 Å². The lowest BCUT2D eigenvalue weighted by molar-refractivity contribution is -0.384. The average Bonchev–Trinajstić information content (AvgIpc) is 2.13. The Bertz CT molecular complexity index is 364. The summed E-state index contributed by atoms with van der Waals surface area (Å²) < 4.78 is 0. The van der Waals surface area contributed by atoms with Crippen LogP contribution in [0.1, 0.15) is 12.5 Å². The SMILES string of the molecule is Cc1cc(NCC(C)N)cc([N+](=O)[O-])c1. The van der Waals surface area contributed by atoms with E-state index in [0.717, 1.165) is 11.3 Å². The number of anilines is 1. The summed E-state index contributed by atoms with van der Waals surface area (Å²) in [6.07, 6.45) is 0. The number of hydrogen-bond donors (Lipinski definition) is 2. The highest BCUT2D eigenvalue weighted by atomic mass is 16.6. The van der Waals surface area contributed by atoms with Gasteiger partial charge in [0.1, 0.15) is 0 Å². The number of hydrogen-bond acceptors (Lipinski definition) is 4. The van der Waals surface area contributed by atoms with E-state index in [4.69, 9.17) is 5.73 Å². The zero-order chi connectivity index (χ0) is 11.4. The highest BCUT2D eigenvalue weighted by Crippen LogP contribution is 2.20. The summed E-state index contributed by atoms with van der Waals surface area (Å²) >= 11 is 0. The molecule has 1 atom stereocenters. The number of benzene rings is 1. The van der Waals surface area contributed by atoms with Gasteiger partial charge in [-0.1, -0.05) is 0 Å². The number of aryl methyl sites for hydroxylation is 1. The van der Waals surface area contributed by atoms with Gasteiger partial charge in [0.05, 0.1) is 4.92 Å². The summed E-state index contributed by atoms with van der Waals surface area (Å²) in [4.78, 5) is 10.2. The van der Waals surface area contributed by atoms with Crippen LogP contribution in [0.4, 0.5) is 11.4 Å². The molecule has 15 heavy (non-hydrogen) atoms. The summed E-state index contributed by atoms with van der Waals surface area (Å²) in [6, 6.07) is 4.92. The molecule has 0 aliphatic rings. The zero-order valence-electron chi connectivity index (χ0n) is 8.86. The van der Waals surface area contributed by atoms with E-state index < -0.39 is 4.92 Å². The highest BCUT2D eigenvalue weighted by Gasteiger charge is 2.07. The second kappa shape index (κ2) is 4.75. The molecule has 0 radical (unpaired) electrons. The van der Waals surface area contributed by atoms with Crippen molar-refractivity contribution in [1.29, 1.82) is 0 Å². The van der Waals surface area contributed by atoms with Gasteiger partial charge in [0.15, 0.2) is 0 Å². The lowest BCUT2D eigenvalue weighted by atomic mass is 10.2. The second-order valence-electron chi connectivity index (χ2n) is 3.67. The Balaban J connectivity index is 2.84. The summed E-state index contributed by atoms with van der Waals surface area (Å²) in [5.41, 5.74) is 7.27. The minimum Gasteiger partial charge on any atom is -0.383 e. The van der Waals surface area contributed by atoms with Crippen molar-refractivity contribution in [1.82, 2.24) is 0 Å². The number of rotatable bonds is 4. The summed E-state index contributed by atoms with van der Waals surface area (Å²) in [7, 11) is 0. The quantitative estimate of drug-likeness (QED) is 0.583. The van der Waals surface area contributed by atoms with Crippen molar-refractivity contribution < 1.29 is 4.92 Å². The lowest BCUT2D eigenvalue weighted by Crippen LogP contribution is -2.25. The number of non-ortho nitro benzene ring substituents is 1. The van der Waals surface area contributed by atoms with Crippen molar-refractivity contribution in [3.63, 3.8) is 0 Å². The number of nitro benzene ring substituents is 1. The molecular formula is C10H15N3O2. The van der Waals surface area contributed by atoms with E-state index >= 15 is 0 Å². The smallest absolute Gasteiger partial charge is 0.271 e. The standard InChI is InChI=1S/C10H15N3O2/c1-7-3-9(12-6-8(2)11)5-10(4-7)13(14)15/h3-5,8,12H,6,11H2,1-2H3. The third-order valence-electron chi connectivity index (χ3n) is 1.90. The molecule has 0 spiro atoms. The third kappa shape index (κ3) is 3.55. The van der Waals surface area contributed by atoms with Crippen molar-refractivity contribution in [2.24, 2.45) is 5.73 Å². The summed E-state index contributed by atoms with van der Waals surface area (Å²) in [5, 5.41) is 13.6. The number of nitrogens with one attached hydrogen (secondary N) is 1. The molecule has 1 aromatic rings. The topological polar surface area (TPSA) is 81.2 Å². The molecule has 0 saturated carbocycles. The first kappa shape index (κ1) is 11.5. The van der Waals surface area contributed by atoms with Crippen molar-refractivity contribution in [3.05, 3.63) is 33.9 Å². The van der Waals surface area contributed by atoms with Gasteiger partial charge >= 0.3 is 0 Å². The monoisotopic (exact) mass is 209 g/mol. The van der Waals surface area contributed by atoms with Crippen LogP contribution in [0.2, 0.25) is 0 Å². The molecule has 5 heteroatoms. The molecule has 0 aromatic heterocycles. The Morgan fingerprint density at radius 1 is 1.53 bits per heavy atom. The predicted molar refractivity (Wildman–Crippen MR) is 60.0 cm³/mol. The molecule has 0 bridgehead atoms. The minimum absolute atomic E-state index is 0.0181. The molecular weight excluding hydrogens is 194 g/mol. The van der Waals surface area contributed by atoms with Crippen molar-refractivity contribution >= 4 is 11.4 Å². The molecule has 82 valence electrons. The Labute approximate surface area is 88.4 Å². The molecule has 3 N–H and O–H groups in total. The van der Waals surface area contributed by atoms with Crippen LogP contribution in [-0.4, -0.2) is 17.5 Å². The molecule has 0 aliphatic carbocycles. The van der Waals surface area contributed by atoms with Gasteiger partial charge in [0.2, 0.25) is 0 Å². The zero-order valence-corrected chi connectivity index (χ0v) is 8.86. The largest absolute Gasteiger partial charge is 0.383 e. The molecule has 0 saturated heterocycles. The van der Waals surface area contributed by atoms with Crippen LogP contribution in [0, 0.1) is 17.0 Å². The average molecular weight is 209 g/mol. The molecule has 1 aromatic carbocycles. The third-order valence-corrected chi connectivity index (χ3v) is 1.90. The van der Waals surface area contributed by atoms with Crippen LogP contribution in [-0.2, 0) is 0 Å². The van der Waals surface area contributed by atoms with Gasteiger partial charge in [-0.05, 0) is 25.5 Å². The first-order chi connectivity index (χ1) is 6.99.